The third kappa shape index (κ3) is 4.39. The lowest BCUT2D eigenvalue weighted by Crippen LogP contribution is -2.18. The van der Waals surface area contributed by atoms with Gasteiger partial charge in [-0.05, 0) is 36.4 Å². The van der Waals surface area contributed by atoms with Gasteiger partial charge in [-0.3, -0.25) is 25.0 Å². The van der Waals surface area contributed by atoms with Crippen molar-refractivity contribution >= 4 is 23.5 Å². The maximum atomic E-state index is 12.2. The lowest BCUT2D eigenvalue weighted by atomic mass is 10.1. The second-order valence-electron chi connectivity index (χ2n) is 6.21. The van der Waals surface area contributed by atoms with Gasteiger partial charge in [0.25, 0.3) is 16.9 Å². The molecule has 2 heterocycles. The van der Waals surface area contributed by atoms with Crippen LogP contribution >= 0.6 is 0 Å². The second-order valence-corrected chi connectivity index (χ2v) is 6.21. The largest absolute Gasteiger partial charge is 0.457 e. The van der Waals surface area contributed by atoms with Crippen LogP contribution in [0.1, 0.15) is 22.6 Å². The first kappa shape index (κ1) is 21.2. The summed E-state index contributed by atoms with van der Waals surface area (Å²) in [6, 6.07) is 10.6. The first-order valence-electron chi connectivity index (χ1n) is 8.71. The molecule has 0 unspecified atom stereocenters. The number of nitrogens with one attached hydrogen (secondary N) is 1. The summed E-state index contributed by atoms with van der Waals surface area (Å²) in [6.45, 7) is -0.283. The van der Waals surface area contributed by atoms with Gasteiger partial charge in [-0.1, -0.05) is 0 Å². The molecule has 11 nitrogen and oxygen atoms in total. The van der Waals surface area contributed by atoms with Crippen LogP contribution < -0.4 is 5.56 Å². The summed E-state index contributed by atoms with van der Waals surface area (Å²) in [7, 11) is 1.30. The highest BCUT2D eigenvalue weighted by Gasteiger charge is 2.25. The van der Waals surface area contributed by atoms with E-state index in [0.717, 1.165) is 0 Å². The van der Waals surface area contributed by atoms with Gasteiger partial charge in [-0.15, -0.1) is 0 Å². The minimum absolute atomic E-state index is 0.0561. The SMILES string of the molecule is COCc1c([N+](=O)[O-])c(/C=C/c2ccc(-c3ccc([N+](=O)[O-])cc3)o2)[nH]c(=O)c1C#N. The number of furan rings is 1. The van der Waals surface area contributed by atoms with Gasteiger partial charge in [0.05, 0.1) is 22.0 Å². The van der Waals surface area contributed by atoms with Crippen LogP contribution in [-0.2, 0) is 11.3 Å². The number of pyridine rings is 1. The zero-order valence-corrected chi connectivity index (χ0v) is 16.0. The Morgan fingerprint density at radius 3 is 2.42 bits per heavy atom. The summed E-state index contributed by atoms with van der Waals surface area (Å²) in [4.78, 5) is 35.6. The van der Waals surface area contributed by atoms with Gasteiger partial charge >= 0.3 is 0 Å². The normalized spacial score (nSPS) is 10.8. The fourth-order valence-corrected chi connectivity index (χ4v) is 2.90. The summed E-state index contributed by atoms with van der Waals surface area (Å²) < 4.78 is 10.6. The molecule has 0 fully saturated rings. The van der Waals surface area contributed by atoms with Gasteiger partial charge in [0.1, 0.15) is 28.8 Å². The number of benzene rings is 1. The molecule has 3 rings (SSSR count). The highest BCUT2D eigenvalue weighted by Crippen LogP contribution is 2.28. The Kier molecular flexibility index (Phi) is 6.04. The zero-order chi connectivity index (χ0) is 22.5. The fraction of sp³-hybridized carbons (Fsp3) is 0.100. The maximum Gasteiger partial charge on any atom is 0.299 e. The van der Waals surface area contributed by atoms with Crippen molar-refractivity contribution in [3.05, 3.63) is 89.6 Å². The number of nitriles is 1. The van der Waals surface area contributed by atoms with Crippen LogP contribution in [0, 0.1) is 31.6 Å². The quantitative estimate of drug-likeness (QED) is 0.445. The molecule has 1 aromatic carbocycles. The van der Waals surface area contributed by atoms with Crippen LogP contribution in [0.25, 0.3) is 23.5 Å². The Labute approximate surface area is 174 Å². The van der Waals surface area contributed by atoms with Crippen molar-refractivity contribution in [2.45, 2.75) is 6.61 Å². The van der Waals surface area contributed by atoms with Crippen molar-refractivity contribution in [2.75, 3.05) is 7.11 Å². The molecular formula is C20H14N4O7. The van der Waals surface area contributed by atoms with Crippen molar-refractivity contribution < 1.29 is 19.0 Å². The van der Waals surface area contributed by atoms with E-state index < -0.39 is 21.1 Å². The van der Waals surface area contributed by atoms with E-state index in [9.17, 15) is 30.3 Å². The third-order valence-electron chi connectivity index (χ3n) is 4.30. The smallest absolute Gasteiger partial charge is 0.299 e. The minimum atomic E-state index is -0.772. The number of aromatic nitrogens is 1. The predicted molar refractivity (Wildman–Crippen MR) is 109 cm³/mol. The average Bonchev–Trinajstić information content (AvgIpc) is 3.21. The summed E-state index contributed by atoms with van der Waals surface area (Å²) in [5.74, 6) is 0.749. The lowest BCUT2D eigenvalue weighted by molar-refractivity contribution is -0.386. The minimum Gasteiger partial charge on any atom is -0.457 e. The fourth-order valence-electron chi connectivity index (χ4n) is 2.90. The van der Waals surface area contributed by atoms with Crippen molar-refractivity contribution in [1.82, 2.24) is 4.98 Å². The van der Waals surface area contributed by atoms with Crippen molar-refractivity contribution in [2.24, 2.45) is 0 Å². The maximum absolute atomic E-state index is 12.2. The molecule has 3 aromatic rings. The Balaban J connectivity index is 1.97. The van der Waals surface area contributed by atoms with Crippen LogP contribution in [0.4, 0.5) is 11.4 Å². The van der Waals surface area contributed by atoms with Gasteiger partial charge in [0, 0.05) is 24.8 Å². The van der Waals surface area contributed by atoms with E-state index in [1.165, 1.54) is 43.5 Å². The number of non-ortho nitro benzene ring substituents is 1. The number of hydrogen-bond donors (Lipinski definition) is 1. The van der Waals surface area contributed by atoms with Gasteiger partial charge in [-0.25, -0.2) is 0 Å². The molecule has 0 aliphatic heterocycles. The Morgan fingerprint density at radius 1 is 1.13 bits per heavy atom. The Morgan fingerprint density at radius 2 is 1.84 bits per heavy atom. The van der Waals surface area contributed by atoms with Crippen LogP contribution in [0.3, 0.4) is 0 Å². The molecule has 0 bridgehead atoms. The number of nitrogens with zero attached hydrogens (tertiary/aromatic N) is 3. The molecule has 0 atom stereocenters. The van der Waals surface area contributed by atoms with E-state index in [-0.39, 0.29) is 29.1 Å². The summed E-state index contributed by atoms with van der Waals surface area (Å²) in [5, 5.41) is 31.5. The first-order chi connectivity index (χ1) is 14.8. The molecule has 2 aromatic heterocycles. The molecule has 0 aliphatic carbocycles. The number of methoxy groups -OCH3 is 1. The molecule has 0 saturated heterocycles. The van der Waals surface area contributed by atoms with Gasteiger partial charge in [-0.2, -0.15) is 5.26 Å². The third-order valence-corrected chi connectivity index (χ3v) is 4.30. The Bertz CT molecular complexity index is 1280. The van der Waals surface area contributed by atoms with Crippen LogP contribution in [0.2, 0.25) is 0 Å². The predicted octanol–water partition coefficient (Wildman–Crippen LogP) is 3.64. The number of ether oxygens (including phenoxy) is 1. The summed E-state index contributed by atoms with van der Waals surface area (Å²) >= 11 is 0. The van der Waals surface area contributed by atoms with E-state index in [1.54, 1.807) is 18.2 Å². The molecule has 1 N–H and O–H groups in total. The van der Waals surface area contributed by atoms with Gasteiger partial charge in [0.2, 0.25) is 0 Å². The second kappa shape index (κ2) is 8.85. The van der Waals surface area contributed by atoms with Crippen LogP contribution in [0.15, 0.2) is 45.6 Å². The van der Waals surface area contributed by atoms with Crippen LogP contribution in [-0.4, -0.2) is 21.9 Å². The van der Waals surface area contributed by atoms with Crippen molar-refractivity contribution in [3.63, 3.8) is 0 Å². The van der Waals surface area contributed by atoms with Gasteiger partial charge in [0.15, 0.2) is 0 Å². The molecule has 0 spiro atoms. The van der Waals surface area contributed by atoms with Crippen molar-refractivity contribution in [3.8, 4) is 17.4 Å². The molecule has 0 amide bonds. The lowest BCUT2D eigenvalue weighted by Gasteiger charge is -2.06. The number of H-pyrrole nitrogens is 1. The summed E-state index contributed by atoms with van der Waals surface area (Å²) in [6.07, 6.45) is 2.70. The van der Waals surface area contributed by atoms with E-state index in [4.69, 9.17) is 9.15 Å². The number of nitro groups is 2. The molecule has 31 heavy (non-hydrogen) atoms. The first-order valence-corrected chi connectivity index (χ1v) is 8.71. The number of hydrogen-bond acceptors (Lipinski definition) is 8. The average molecular weight is 422 g/mol. The highest BCUT2D eigenvalue weighted by molar-refractivity contribution is 5.73. The topological polar surface area (TPSA) is 165 Å². The molecule has 0 aliphatic rings. The van der Waals surface area contributed by atoms with E-state index in [2.05, 4.69) is 4.98 Å². The highest BCUT2D eigenvalue weighted by atomic mass is 16.6. The number of nitro benzene ring substituents is 1. The number of rotatable bonds is 7. The van der Waals surface area contributed by atoms with E-state index in [0.29, 0.717) is 17.1 Å². The molecule has 156 valence electrons. The Hall–Kier alpha value is -4.56. The summed E-state index contributed by atoms with van der Waals surface area (Å²) in [5.41, 5.74) is -1.30. The zero-order valence-electron chi connectivity index (χ0n) is 16.0. The van der Waals surface area contributed by atoms with Gasteiger partial charge < -0.3 is 14.1 Å². The number of aromatic amines is 1. The molecule has 0 saturated carbocycles. The standard InChI is InChI=1S/C20H14N4O7/c1-30-11-16-15(10-21)20(25)22-17(19(16)24(28)29)8-6-14-7-9-18(31-14)12-2-4-13(5-3-12)23(26)27/h2-9H,11H2,1H3,(H,22,25)/b8-6+. The molecule has 0 radical (unpaired) electrons. The molecular weight excluding hydrogens is 408 g/mol. The van der Waals surface area contributed by atoms with E-state index >= 15 is 0 Å². The van der Waals surface area contributed by atoms with Crippen molar-refractivity contribution in [1.29, 1.82) is 5.26 Å². The van der Waals surface area contributed by atoms with E-state index in [1.807, 2.05) is 0 Å². The monoisotopic (exact) mass is 422 g/mol. The van der Waals surface area contributed by atoms with Crippen LogP contribution in [0.5, 0.6) is 0 Å². The molecule has 11 heteroatoms.